The van der Waals surface area contributed by atoms with Gasteiger partial charge in [0.15, 0.2) is 5.65 Å². The molecule has 0 atom stereocenters. The maximum atomic E-state index is 12.8. The number of hydrogen-bond acceptors (Lipinski definition) is 5. The number of imidazole rings is 1. The van der Waals surface area contributed by atoms with Crippen LogP contribution in [0.2, 0.25) is 0 Å². The first-order valence-electron chi connectivity index (χ1n) is 10.5. The Morgan fingerprint density at radius 3 is 2.31 bits per heavy atom. The minimum atomic E-state index is -0.321. The van der Waals surface area contributed by atoms with Crippen LogP contribution in [0, 0.1) is 0 Å². The summed E-state index contributed by atoms with van der Waals surface area (Å²) in [5.74, 6) is 1.35. The molecule has 29 heavy (non-hydrogen) atoms. The summed E-state index contributed by atoms with van der Waals surface area (Å²) < 4.78 is 2.88. The first-order valence-corrected chi connectivity index (χ1v) is 10.5. The van der Waals surface area contributed by atoms with E-state index in [1.54, 1.807) is 10.8 Å². The van der Waals surface area contributed by atoms with Crippen molar-refractivity contribution in [3.05, 3.63) is 39.2 Å². The van der Waals surface area contributed by atoms with Crippen LogP contribution in [0.25, 0.3) is 22.6 Å². The lowest BCUT2D eigenvalue weighted by atomic mass is 10.2. The number of aromatic amines is 1. The summed E-state index contributed by atoms with van der Waals surface area (Å²) >= 11 is 0. The van der Waals surface area contributed by atoms with Crippen LogP contribution in [-0.2, 0) is 13.1 Å². The number of anilines is 1. The van der Waals surface area contributed by atoms with Crippen molar-refractivity contribution in [3.8, 4) is 11.4 Å². The summed E-state index contributed by atoms with van der Waals surface area (Å²) in [5, 5.41) is 3.41. The van der Waals surface area contributed by atoms with Gasteiger partial charge in [0.1, 0.15) is 17.2 Å². The van der Waals surface area contributed by atoms with E-state index in [1.807, 2.05) is 26.0 Å². The predicted molar refractivity (Wildman–Crippen MR) is 116 cm³/mol. The van der Waals surface area contributed by atoms with E-state index in [9.17, 15) is 9.59 Å². The van der Waals surface area contributed by atoms with Crippen molar-refractivity contribution in [3.63, 3.8) is 0 Å². The van der Waals surface area contributed by atoms with Crippen LogP contribution in [0.5, 0.6) is 0 Å². The normalized spacial score (nSPS) is 11.5. The zero-order valence-electron chi connectivity index (χ0n) is 17.7. The number of aromatic nitrogens is 5. The highest BCUT2D eigenvalue weighted by Gasteiger charge is 2.17. The second-order valence-electron chi connectivity index (χ2n) is 7.26. The van der Waals surface area contributed by atoms with Crippen molar-refractivity contribution in [2.24, 2.45) is 0 Å². The van der Waals surface area contributed by atoms with Gasteiger partial charge in [-0.25, -0.2) is 14.8 Å². The van der Waals surface area contributed by atoms with Crippen molar-refractivity contribution < 1.29 is 0 Å². The number of pyridine rings is 1. The molecule has 0 saturated carbocycles. The minimum Gasteiger partial charge on any atom is -0.367 e. The van der Waals surface area contributed by atoms with Crippen molar-refractivity contribution in [2.75, 3.05) is 5.32 Å². The van der Waals surface area contributed by atoms with E-state index in [0.717, 1.165) is 30.6 Å². The average molecular weight is 399 g/mol. The Morgan fingerprint density at radius 1 is 1.03 bits per heavy atom. The van der Waals surface area contributed by atoms with Gasteiger partial charge in [-0.2, -0.15) is 0 Å². The third-order valence-electron chi connectivity index (χ3n) is 5.13. The van der Waals surface area contributed by atoms with Gasteiger partial charge in [0.2, 0.25) is 0 Å². The molecule has 0 bridgehead atoms. The topological polar surface area (TPSA) is 97.6 Å². The van der Waals surface area contributed by atoms with Crippen LogP contribution in [0.1, 0.15) is 53.4 Å². The third-order valence-corrected chi connectivity index (χ3v) is 5.13. The molecule has 156 valence electrons. The van der Waals surface area contributed by atoms with Crippen LogP contribution < -0.4 is 16.6 Å². The summed E-state index contributed by atoms with van der Waals surface area (Å²) in [6.07, 6.45) is 5.28. The molecule has 0 amide bonds. The lowest BCUT2D eigenvalue weighted by Crippen LogP contribution is -2.40. The van der Waals surface area contributed by atoms with Gasteiger partial charge >= 0.3 is 5.69 Å². The Bertz CT molecular complexity index is 1070. The van der Waals surface area contributed by atoms with Gasteiger partial charge in [-0.15, -0.1) is 0 Å². The first-order chi connectivity index (χ1) is 14.0. The smallest absolute Gasteiger partial charge is 0.332 e. The molecule has 0 unspecified atom stereocenters. The number of hydrogen-bond donors (Lipinski definition) is 2. The minimum absolute atomic E-state index is 0.299. The van der Waals surface area contributed by atoms with E-state index in [0.29, 0.717) is 42.5 Å². The number of H-pyrrole nitrogens is 1. The third kappa shape index (κ3) is 4.11. The van der Waals surface area contributed by atoms with Gasteiger partial charge in [0.05, 0.1) is 0 Å². The molecule has 0 aliphatic heterocycles. The molecule has 0 aliphatic rings. The van der Waals surface area contributed by atoms with E-state index < -0.39 is 0 Å². The second-order valence-corrected chi connectivity index (χ2v) is 7.26. The van der Waals surface area contributed by atoms with Gasteiger partial charge < -0.3 is 10.3 Å². The Kier molecular flexibility index (Phi) is 6.51. The lowest BCUT2D eigenvalue weighted by Gasteiger charge is -2.15. The maximum absolute atomic E-state index is 12.8. The summed E-state index contributed by atoms with van der Waals surface area (Å²) in [7, 11) is 0. The fourth-order valence-electron chi connectivity index (χ4n) is 3.47. The predicted octanol–water partition coefficient (Wildman–Crippen LogP) is 3.37. The molecular formula is C21H30N6O2. The van der Waals surface area contributed by atoms with Crippen LogP contribution in [0.15, 0.2) is 27.9 Å². The Morgan fingerprint density at radius 2 is 1.72 bits per heavy atom. The molecule has 0 saturated heterocycles. The van der Waals surface area contributed by atoms with Crippen LogP contribution in [-0.4, -0.2) is 30.1 Å². The van der Waals surface area contributed by atoms with Crippen molar-refractivity contribution in [2.45, 2.75) is 72.5 Å². The van der Waals surface area contributed by atoms with E-state index in [4.69, 9.17) is 0 Å². The highest BCUT2D eigenvalue weighted by Crippen LogP contribution is 2.20. The Hall–Kier alpha value is -2.90. The Labute approximate surface area is 170 Å². The molecule has 8 heteroatoms. The maximum Gasteiger partial charge on any atom is 0.332 e. The molecule has 0 radical (unpaired) electrons. The SMILES string of the molecule is CCCn1c(=O)c2[nH]c(-c3ccc(NC(CC)CC)nc3)nc2n(CCC)c1=O. The molecule has 3 aromatic heterocycles. The van der Waals surface area contributed by atoms with Gasteiger partial charge in [0.25, 0.3) is 5.56 Å². The molecule has 8 nitrogen and oxygen atoms in total. The van der Waals surface area contributed by atoms with Gasteiger partial charge in [-0.3, -0.25) is 13.9 Å². The summed E-state index contributed by atoms with van der Waals surface area (Å²) in [4.78, 5) is 37.8. The fourth-order valence-corrected chi connectivity index (χ4v) is 3.47. The summed E-state index contributed by atoms with van der Waals surface area (Å²) in [5.41, 5.74) is 0.919. The molecule has 3 heterocycles. The van der Waals surface area contributed by atoms with Gasteiger partial charge in [-0.1, -0.05) is 27.7 Å². The molecule has 0 aromatic carbocycles. The lowest BCUT2D eigenvalue weighted by molar-refractivity contribution is 0.555. The number of rotatable bonds is 9. The fraction of sp³-hybridized carbons (Fsp3) is 0.524. The van der Waals surface area contributed by atoms with E-state index >= 15 is 0 Å². The molecule has 0 spiro atoms. The van der Waals surface area contributed by atoms with Gasteiger partial charge in [0, 0.05) is 30.9 Å². The van der Waals surface area contributed by atoms with E-state index in [2.05, 4.69) is 34.1 Å². The molecule has 0 aliphatic carbocycles. The monoisotopic (exact) mass is 398 g/mol. The van der Waals surface area contributed by atoms with Crippen LogP contribution in [0.3, 0.4) is 0 Å². The molecule has 0 fully saturated rings. The zero-order valence-corrected chi connectivity index (χ0v) is 17.7. The number of nitrogens with zero attached hydrogens (tertiary/aromatic N) is 4. The summed E-state index contributed by atoms with van der Waals surface area (Å²) in [6, 6.07) is 4.22. The van der Waals surface area contributed by atoms with Gasteiger partial charge in [-0.05, 0) is 37.8 Å². The number of aryl methyl sites for hydroxylation is 1. The quantitative estimate of drug-likeness (QED) is 0.576. The molecular weight excluding hydrogens is 368 g/mol. The highest BCUT2D eigenvalue weighted by atomic mass is 16.2. The number of nitrogens with one attached hydrogen (secondary N) is 2. The zero-order chi connectivity index (χ0) is 21.0. The van der Waals surface area contributed by atoms with E-state index in [-0.39, 0.29) is 11.2 Å². The van der Waals surface area contributed by atoms with Crippen molar-refractivity contribution in [1.29, 1.82) is 0 Å². The standard InChI is InChI=1S/C21H30N6O2/c1-5-11-26-19-17(20(28)27(12-6-2)21(26)29)24-18(25-19)14-9-10-16(22-13-14)23-15(7-3)8-4/h9-10,13,15H,5-8,11-12H2,1-4H3,(H,22,23)(H,24,25). The van der Waals surface area contributed by atoms with E-state index in [1.165, 1.54) is 4.57 Å². The average Bonchev–Trinajstić information content (AvgIpc) is 3.18. The first kappa shape index (κ1) is 20.8. The largest absolute Gasteiger partial charge is 0.367 e. The van der Waals surface area contributed by atoms with Crippen molar-refractivity contribution in [1.82, 2.24) is 24.1 Å². The molecule has 3 aromatic rings. The number of fused-ring (bicyclic) bond motifs is 1. The highest BCUT2D eigenvalue weighted by molar-refractivity contribution is 5.75. The Balaban J connectivity index is 2.05. The van der Waals surface area contributed by atoms with Crippen molar-refractivity contribution >= 4 is 17.0 Å². The summed E-state index contributed by atoms with van der Waals surface area (Å²) in [6.45, 7) is 9.14. The molecule has 2 N–H and O–H groups in total. The van der Waals surface area contributed by atoms with Crippen LogP contribution >= 0.6 is 0 Å². The molecule has 3 rings (SSSR count). The second kappa shape index (κ2) is 9.07. The van der Waals surface area contributed by atoms with Crippen LogP contribution in [0.4, 0.5) is 5.82 Å².